The molecule has 0 bridgehead atoms. The zero-order valence-corrected chi connectivity index (χ0v) is 19.8. The molecule has 6 nitrogen and oxygen atoms in total. The lowest BCUT2D eigenvalue weighted by atomic mass is 10.2. The van der Waals surface area contributed by atoms with Gasteiger partial charge in [0.1, 0.15) is 18.1 Å². The maximum absolute atomic E-state index is 12.5. The van der Waals surface area contributed by atoms with Gasteiger partial charge in [-0.1, -0.05) is 44.7 Å². The number of anilines is 1. The van der Waals surface area contributed by atoms with Gasteiger partial charge < -0.3 is 19.5 Å². The summed E-state index contributed by atoms with van der Waals surface area (Å²) in [4.78, 5) is 12.5. The summed E-state index contributed by atoms with van der Waals surface area (Å²) in [5.41, 5.74) is 1.18. The SMILES string of the molecule is CCCCCCCOc1ccc(C(=O)NC(=S)Nc2ccccc2OCCOCC)cc1. The highest BCUT2D eigenvalue weighted by molar-refractivity contribution is 7.80. The van der Waals surface area contributed by atoms with Gasteiger partial charge in [-0.15, -0.1) is 0 Å². The second-order valence-electron chi connectivity index (χ2n) is 7.24. The van der Waals surface area contributed by atoms with Crippen LogP contribution in [-0.4, -0.2) is 37.4 Å². The number of nitrogens with one attached hydrogen (secondary N) is 2. The van der Waals surface area contributed by atoms with Gasteiger partial charge in [0.2, 0.25) is 0 Å². The highest BCUT2D eigenvalue weighted by Gasteiger charge is 2.10. The lowest BCUT2D eigenvalue weighted by Crippen LogP contribution is -2.34. The molecular formula is C25H34N2O4S. The van der Waals surface area contributed by atoms with E-state index in [1.54, 1.807) is 24.3 Å². The second kappa shape index (κ2) is 15.2. The molecule has 174 valence electrons. The normalized spacial score (nSPS) is 10.4. The van der Waals surface area contributed by atoms with Crippen molar-refractivity contribution in [2.24, 2.45) is 0 Å². The van der Waals surface area contributed by atoms with Crippen molar-refractivity contribution in [3.05, 3.63) is 54.1 Å². The Bertz CT molecular complexity index is 827. The third kappa shape index (κ3) is 9.66. The van der Waals surface area contributed by atoms with Crippen molar-refractivity contribution in [3.8, 4) is 11.5 Å². The number of carbonyl (C=O) groups is 1. The van der Waals surface area contributed by atoms with Crippen LogP contribution in [0.4, 0.5) is 5.69 Å². The summed E-state index contributed by atoms with van der Waals surface area (Å²) >= 11 is 5.30. The van der Waals surface area contributed by atoms with Gasteiger partial charge in [-0.3, -0.25) is 10.1 Å². The predicted molar refractivity (Wildman–Crippen MR) is 133 cm³/mol. The molecule has 0 aromatic heterocycles. The minimum atomic E-state index is -0.289. The standard InChI is InChI=1S/C25H34N2O4S/c1-3-5-6-7-10-17-30-21-15-13-20(14-16-21)24(28)27-25(32)26-22-11-8-9-12-23(22)31-19-18-29-4-2/h8-9,11-16H,3-7,10,17-19H2,1-2H3,(H2,26,27,28,32). The van der Waals surface area contributed by atoms with E-state index >= 15 is 0 Å². The van der Waals surface area contributed by atoms with Gasteiger partial charge >= 0.3 is 0 Å². The Kier molecular flexibility index (Phi) is 12.2. The first-order valence-corrected chi connectivity index (χ1v) is 11.7. The van der Waals surface area contributed by atoms with Crippen molar-refractivity contribution in [3.63, 3.8) is 0 Å². The number of rotatable bonds is 14. The maximum Gasteiger partial charge on any atom is 0.257 e. The molecule has 2 rings (SSSR count). The van der Waals surface area contributed by atoms with Gasteiger partial charge in [0.25, 0.3) is 5.91 Å². The molecule has 1 amide bonds. The number of para-hydroxylation sites is 2. The number of carbonyl (C=O) groups excluding carboxylic acids is 1. The summed E-state index contributed by atoms with van der Waals surface area (Å²) in [6.07, 6.45) is 5.97. The summed E-state index contributed by atoms with van der Waals surface area (Å²) in [6.45, 7) is 6.41. The molecule has 0 saturated carbocycles. The fourth-order valence-corrected chi connectivity index (χ4v) is 3.18. The first kappa shape index (κ1) is 25.6. The average Bonchev–Trinajstić information content (AvgIpc) is 2.80. The van der Waals surface area contributed by atoms with Gasteiger partial charge in [0, 0.05) is 12.2 Å². The molecule has 0 aliphatic carbocycles. The van der Waals surface area contributed by atoms with Crippen LogP contribution in [0.25, 0.3) is 0 Å². The monoisotopic (exact) mass is 458 g/mol. The Labute approximate surface area is 196 Å². The van der Waals surface area contributed by atoms with E-state index in [0.717, 1.165) is 12.2 Å². The Morgan fingerprint density at radius 3 is 2.38 bits per heavy atom. The number of amides is 1. The van der Waals surface area contributed by atoms with Crippen molar-refractivity contribution in [2.75, 3.05) is 31.7 Å². The molecular weight excluding hydrogens is 424 g/mol. The lowest BCUT2D eigenvalue weighted by Gasteiger charge is -2.14. The molecule has 2 aromatic rings. The number of hydrogen-bond acceptors (Lipinski definition) is 5. The van der Waals surface area contributed by atoms with E-state index in [0.29, 0.717) is 43.4 Å². The van der Waals surface area contributed by atoms with E-state index in [1.165, 1.54) is 25.7 Å². The minimum absolute atomic E-state index is 0.197. The van der Waals surface area contributed by atoms with Crippen molar-refractivity contribution < 1.29 is 19.0 Å². The van der Waals surface area contributed by atoms with Gasteiger partial charge in [0.15, 0.2) is 5.11 Å². The van der Waals surface area contributed by atoms with Crippen LogP contribution in [0.15, 0.2) is 48.5 Å². The van der Waals surface area contributed by atoms with Crippen LogP contribution in [0.2, 0.25) is 0 Å². The molecule has 32 heavy (non-hydrogen) atoms. The minimum Gasteiger partial charge on any atom is -0.494 e. The maximum atomic E-state index is 12.5. The van der Waals surface area contributed by atoms with Crippen molar-refractivity contribution >= 4 is 28.9 Å². The summed E-state index contributed by atoms with van der Waals surface area (Å²) in [7, 11) is 0. The van der Waals surface area contributed by atoms with Crippen LogP contribution in [0.1, 0.15) is 56.3 Å². The van der Waals surface area contributed by atoms with Gasteiger partial charge in [0.05, 0.1) is 18.9 Å². The molecule has 0 fully saturated rings. The molecule has 0 unspecified atom stereocenters. The Balaban J connectivity index is 1.79. The van der Waals surface area contributed by atoms with E-state index in [-0.39, 0.29) is 11.0 Å². The zero-order chi connectivity index (χ0) is 23.0. The van der Waals surface area contributed by atoms with E-state index in [9.17, 15) is 4.79 Å². The number of benzene rings is 2. The molecule has 2 N–H and O–H groups in total. The molecule has 0 heterocycles. The third-order valence-corrected chi connectivity index (χ3v) is 4.89. The number of thiocarbonyl (C=S) groups is 1. The first-order chi connectivity index (χ1) is 15.6. The van der Waals surface area contributed by atoms with Crippen molar-refractivity contribution in [2.45, 2.75) is 46.0 Å². The second-order valence-corrected chi connectivity index (χ2v) is 7.65. The zero-order valence-electron chi connectivity index (χ0n) is 19.0. The molecule has 0 aliphatic rings. The van der Waals surface area contributed by atoms with Crippen LogP contribution < -0.4 is 20.1 Å². The molecule has 0 radical (unpaired) electrons. The van der Waals surface area contributed by atoms with Crippen LogP contribution in [0.5, 0.6) is 11.5 Å². The topological polar surface area (TPSA) is 68.8 Å². The first-order valence-electron chi connectivity index (χ1n) is 11.3. The number of hydrogen-bond donors (Lipinski definition) is 2. The largest absolute Gasteiger partial charge is 0.494 e. The average molecular weight is 459 g/mol. The molecule has 2 aromatic carbocycles. The highest BCUT2D eigenvalue weighted by atomic mass is 32.1. The highest BCUT2D eigenvalue weighted by Crippen LogP contribution is 2.23. The van der Waals surface area contributed by atoms with Crippen LogP contribution in [0.3, 0.4) is 0 Å². The van der Waals surface area contributed by atoms with Crippen LogP contribution in [0, 0.1) is 0 Å². The van der Waals surface area contributed by atoms with E-state index in [4.69, 9.17) is 26.4 Å². The van der Waals surface area contributed by atoms with Crippen LogP contribution >= 0.6 is 12.2 Å². The molecule has 0 atom stereocenters. The molecule has 0 spiro atoms. The summed E-state index contributed by atoms with van der Waals surface area (Å²) in [6, 6.07) is 14.5. The molecule has 0 aliphatic heterocycles. The molecule has 7 heteroatoms. The van der Waals surface area contributed by atoms with Crippen molar-refractivity contribution in [1.82, 2.24) is 5.32 Å². The Morgan fingerprint density at radius 2 is 1.62 bits per heavy atom. The summed E-state index contributed by atoms with van der Waals surface area (Å²) in [5.74, 6) is 1.11. The Hall–Kier alpha value is -2.64. The van der Waals surface area contributed by atoms with Gasteiger partial charge in [-0.25, -0.2) is 0 Å². The third-order valence-electron chi connectivity index (χ3n) is 4.68. The fourth-order valence-electron chi connectivity index (χ4n) is 2.98. The van der Waals surface area contributed by atoms with E-state index < -0.39 is 0 Å². The summed E-state index contributed by atoms with van der Waals surface area (Å²) in [5, 5.41) is 5.92. The lowest BCUT2D eigenvalue weighted by molar-refractivity contribution is 0.0977. The molecule has 0 saturated heterocycles. The quantitative estimate of drug-likeness (QED) is 0.285. The van der Waals surface area contributed by atoms with Gasteiger partial charge in [-0.05, 0) is 62.0 Å². The van der Waals surface area contributed by atoms with Gasteiger partial charge in [-0.2, -0.15) is 0 Å². The van der Waals surface area contributed by atoms with Crippen LogP contribution in [-0.2, 0) is 4.74 Å². The fraction of sp³-hybridized carbons (Fsp3) is 0.440. The number of unbranched alkanes of at least 4 members (excludes halogenated alkanes) is 4. The Morgan fingerprint density at radius 1 is 0.875 bits per heavy atom. The smallest absolute Gasteiger partial charge is 0.257 e. The predicted octanol–water partition coefficient (Wildman–Crippen LogP) is 5.58. The number of ether oxygens (including phenoxy) is 3. The summed E-state index contributed by atoms with van der Waals surface area (Å²) < 4.78 is 16.8. The van der Waals surface area contributed by atoms with E-state index in [1.807, 2.05) is 31.2 Å². The van der Waals surface area contributed by atoms with Crippen molar-refractivity contribution in [1.29, 1.82) is 0 Å². The van der Waals surface area contributed by atoms with E-state index in [2.05, 4.69) is 17.6 Å².